The van der Waals surface area contributed by atoms with Gasteiger partial charge < -0.3 is 4.74 Å². The number of pyridine rings is 1. The second kappa shape index (κ2) is 7.95. The maximum absolute atomic E-state index is 14.3. The molecule has 0 bridgehead atoms. The minimum atomic E-state index is -0.407. The quantitative estimate of drug-likeness (QED) is 0.345. The molecule has 1 heterocycles. The first kappa shape index (κ1) is 18.4. The van der Waals surface area contributed by atoms with Crippen LogP contribution in [0.5, 0.6) is 5.75 Å². The average molecular weight is 434 g/mol. The van der Waals surface area contributed by atoms with E-state index in [2.05, 4.69) is 15.9 Å². The number of rotatable bonds is 4. The molecule has 138 valence electrons. The van der Waals surface area contributed by atoms with Crippen LogP contribution in [0.3, 0.4) is 0 Å². The van der Waals surface area contributed by atoms with E-state index in [4.69, 9.17) is 9.72 Å². The normalized spacial score (nSPS) is 10.7. The van der Waals surface area contributed by atoms with Gasteiger partial charge in [-0.05, 0) is 47.5 Å². The summed E-state index contributed by atoms with van der Waals surface area (Å²) >= 11 is 3.52. The summed E-state index contributed by atoms with van der Waals surface area (Å²) in [6.45, 7) is 0. The number of halogens is 2. The van der Waals surface area contributed by atoms with Crippen LogP contribution in [0.4, 0.5) is 4.39 Å². The molecule has 0 radical (unpaired) electrons. The van der Waals surface area contributed by atoms with E-state index in [9.17, 15) is 4.39 Å². The predicted molar refractivity (Wildman–Crippen MR) is 115 cm³/mol. The van der Waals surface area contributed by atoms with Gasteiger partial charge in [0.1, 0.15) is 0 Å². The van der Waals surface area contributed by atoms with E-state index in [0.29, 0.717) is 11.3 Å². The highest BCUT2D eigenvalue weighted by atomic mass is 79.9. The van der Waals surface area contributed by atoms with Gasteiger partial charge in [-0.1, -0.05) is 64.5 Å². The van der Waals surface area contributed by atoms with Crippen molar-refractivity contribution in [2.45, 2.75) is 0 Å². The number of para-hydroxylation sites is 1. The molecule has 0 saturated carbocycles. The van der Waals surface area contributed by atoms with Gasteiger partial charge in [-0.25, -0.2) is 9.37 Å². The van der Waals surface area contributed by atoms with Crippen LogP contribution in [0.2, 0.25) is 0 Å². The van der Waals surface area contributed by atoms with Crippen molar-refractivity contribution in [2.75, 3.05) is 7.11 Å². The molecule has 28 heavy (non-hydrogen) atoms. The molecular weight excluding hydrogens is 417 g/mol. The molecule has 0 fully saturated rings. The summed E-state index contributed by atoms with van der Waals surface area (Å²) in [6.07, 6.45) is 0. The van der Waals surface area contributed by atoms with Crippen LogP contribution in [0.15, 0.2) is 89.4 Å². The van der Waals surface area contributed by atoms with E-state index in [1.807, 2.05) is 72.8 Å². The number of aromatic nitrogens is 1. The minimum Gasteiger partial charge on any atom is -0.493 e. The van der Waals surface area contributed by atoms with Gasteiger partial charge in [0.15, 0.2) is 11.6 Å². The van der Waals surface area contributed by atoms with Crippen molar-refractivity contribution >= 4 is 15.9 Å². The lowest BCUT2D eigenvalue weighted by atomic mass is 9.99. The van der Waals surface area contributed by atoms with Gasteiger partial charge in [0.2, 0.25) is 0 Å². The van der Waals surface area contributed by atoms with Crippen molar-refractivity contribution in [3.8, 4) is 39.4 Å². The van der Waals surface area contributed by atoms with E-state index in [0.717, 1.165) is 26.9 Å². The third kappa shape index (κ3) is 3.69. The van der Waals surface area contributed by atoms with E-state index >= 15 is 0 Å². The second-order valence-electron chi connectivity index (χ2n) is 6.32. The van der Waals surface area contributed by atoms with Crippen molar-refractivity contribution in [2.24, 2.45) is 0 Å². The van der Waals surface area contributed by atoms with Crippen LogP contribution in [-0.4, -0.2) is 12.1 Å². The van der Waals surface area contributed by atoms with Crippen LogP contribution in [-0.2, 0) is 0 Å². The first-order chi connectivity index (χ1) is 13.7. The van der Waals surface area contributed by atoms with Gasteiger partial charge in [0, 0.05) is 15.6 Å². The SMILES string of the molecule is COc1c(F)cccc1-c1cc(-c2ccccc2)cc(-c2cccc(Br)c2)n1. The molecule has 2 nitrogen and oxygen atoms in total. The van der Waals surface area contributed by atoms with Gasteiger partial charge in [0.05, 0.1) is 18.5 Å². The molecular formula is C24H17BrFNO. The Morgan fingerprint density at radius 3 is 2.21 bits per heavy atom. The maximum atomic E-state index is 14.3. The van der Waals surface area contributed by atoms with Gasteiger partial charge in [-0.15, -0.1) is 0 Å². The molecule has 0 amide bonds. The number of ether oxygens (including phenoxy) is 1. The molecule has 0 atom stereocenters. The molecule has 4 rings (SSSR count). The average Bonchev–Trinajstić information content (AvgIpc) is 2.74. The molecule has 4 aromatic rings. The lowest BCUT2D eigenvalue weighted by Gasteiger charge is -2.13. The summed E-state index contributed by atoms with van der Waals surface area (Å²) in [5, 5.41) is 0. The van der Waals surface area contributed by atoms with Crippen molar-refractivity contribution in [1.29, 1.82) is 0 Å². The Kier molecular flexibility index (Phi) is 5.22. The second-order valence-corrected chi connectivity index (χ2v) is 7.24. The van der Waals surface area contributed by atoms with Crippen molar-refractivity contribution in [3.63, 3.8) is 0 Å². The topological polar surface area (TPSA) is 22.1 Å². The first-order valence-electron chi connectivity index (χ1n) is 8.82. The Labute approximate surface area is 171 Å². The Hall–Kier alpha value is -2.98. The Morgan fingerprint density at radius 1 is 0.750 bits per heavy atom. The zero-order valence-electron chi connectivity index (χ0n) is 15.2. The summed E-state index contributed by atoms with van der Waals surface area (Å²) in [5.41, 5.74) is 5.14. The highest BCUT2D eigenvalue weighted by molar-refractivity contribution is 9.10. The smallest absolute Gasteiger partial charge is 0.165 e. The predicted octanol–water partition coefficient (Wildman–Crippen LogP) is 6.99. The summed E-state index contributed by atoms with van der Waals surface area (Å²) in [6, 6.07) is 26.9. The Morgan fingerprint density at radius 2 is 1.46 bits per heavy atom. The van der Waals surface area contributed by atoms with E-state index in [1.165, 1.54) is 13.2 Å². The molecule has 3 aromatic carbocycles. The van der Waals surface area contributed by atoms with Crippen LogP contribution in [0.1, 0.15) is 0 Å². The monoisotopic (exact) mass is 433 g/mol. The maximum Gasteiger partial charge on any atom is 0.165 e. The van der Waals surface area contributed by atoms with Gasteiger partial charge in [0.25, 0.3) is 0 Å². The van der Waals surface area contributed by atoms with E-state index < -0.39 is 5.82 Å². The molecule has 0 aliphatic heterocycles. The lowest BCUT2D eigenvalue weighted by molar-refractivity contribution is 0.388. The molecule has 0 aliphatic carbocycles. The summed E-state index contributed by atoms with van der Waals surface area (Å²) < 4.78 is 20.6. The molecule has 1 aromatic heterocycles. The standard InChI is InChI=1S/C24H17BrFNO/c1-28-24-20(11-6-12-21(24)26)23-15-18(16-7-3-2-4-8-16)14-22(27-23)17-9-5-10-19(25)13-17/h2-15H,1H3. The Balaban J connectivity index is 1.97. The summed E-state index contributed by atoms with van der Waals surface area (Å²) in [4.78, 5) is 4.82. The fourth-order valence-corrected chi connectivity index (χ4v) is 3.58. The molecule has 4 heteroatoms. The van der Waals surface area contributed by atoms with Crippen molar-refractivity contribution < 1.29 is 9.13 Å². The highest BCUT2D eigenvalue weighted by Crippen LogP contribution is 2.35. The third-order valence-electron chi connectivity index (χ3n) is 4.50. The first-order valence-corrected chi connectivity index (χ1v) is 9.61. The van der Waals surface area contributed by atoms with E-state index in [-0.39, 0.29) is 5.75 Å². The number of methoxy groups -OCH3 is 1. The molecule has 0 unspecified atom stereocenters. The Bertz CT molecular complexity index is 1130. The lowest BCUT2D eigenvalue weighted by Crippen LogP contribution is -1.96. The van der Waals surface area contributed by atoms with Crippen molar-refractivity contribution in [3.05, 3.63) is 95.2 Å². The molecule has 0 saturated heterocycles. The molecule has 0 aliphatic rings. The fourth-order valence-electron chi connectivity index (χ4n) is 3.18. The third-order valence-corrected chi connectivity index (χ3v) is 4.99. The van der Waals surface area contributed by atoms with Gasteiger partial charge in [-0.3, -0.25) is 0 Å². The summed E-state index contributed by atoms with van der Waals surface area (Å²) in [5.74, 6) is -0.212. The van der Waals surface area contributed by atoms with Gasteiger partial charge in [-0.2, -0.15) is 0 Å². The highest BCUT2D eigenvalue weighted by Gasteiger charge is 2.15. The number of hydrogen-bond donors (Lipinski definition) is 0. The minimum absolute atomic E-state index is 0.195. The van der Waals surface area contributed by atoms with Crippen molar-refractivity contribution in [1.82, 2.24) is 4.98 Å². The number of hydrogen-bond acceptors (Lipinski definition) is 2. The van der Waals surface area contributed by atoms with Gasteiger partial charge >= 0.3 is 0 Å². The largest absolute Gasteiger partial charge is 0.493 e. The van der Waals surface area contributed by atoms with E-state index in [1.54, 1.807) is 6.07 Å². The van der Waals surface area contributed by atoms with Crippen LogP contribution >= 0.6 is 15.9 Å². The molecule has 0 spiro atoms. The fraction of sp³-hybridized carbons (Fsp3) is 0.0417. The number of benzene rings is 3. The van der Waals surface area contributed by atoms with Crippen LogP contribution in [0.25, 0.3) is 33.6 Å². The number of nitrogens with zero attached hydrogens (tertiary/aromatic N) is 1. The zero-order valence-corrected chi connectivity index (χ0v) is 16.8. The zero-order chi connectivity index (χ0) is 19.5. The summed E-state index contributed by atoms with van der Waals surface area (Å²) in [7, 11) is 1.47. The van der Waals surface area contributed by atoms with Crippen LogP contribution in [0, 0.1) is 5.82 Å². The molecule has 0 N–H and O–H groups in total. The van der Waals surface area contributed by atoms with Crippen LogP contribution < -0.4 is 4.74 Å².